The molecule has 1 saturated heterocycles. The number of carbonyl (C=O) groups excluding carboxylic acids is 1. The molecule has 0 aliphatic carbocycles. The van der Waals surface area contributed by atoms with Crippen molar-refractivity contribution in [3.63, 3.8) is 0 Å². The highest BCUT2D eigenvalue weighted by Gasteiger charge is 2.45. The normalized spacial score (nSPS) is 20.1. The number of nitrogens with zero attached hydrogens (tertiary/aromatic N) is 1. The van der Waals surface area contributed by atoms with Gasteiger partial charge in [0.05, 0.1) is 0 Å². The average molecular weight is 458 g/mol. The van der Waals surface area contributed by atoms with Crippen molar-refractivity contribution in [1.82, 2.24) is 10.2 Å². The number of hydrogen-bond acceptors (Lipinski definition) is 2. The standard InChI is InChI=1S/C26H26F4N2O/c1-17(20-11-6-8-18-7-2-3-9-21(18)20)31-15-19-13-14-32(25(33)26(28,29)30)16-23(19)22-10-4-5-12-24(22)27/h2-12,17,19,23,31H,13-16H2,1H3/t17-,19?,23?/m1/s1. The van der Waals surface area contributed by atoms with Crippen LogP contribution in [0.2, 0.25) is 0 Å². The molecule has 1 aliphatic rings. The van der Waals surface area contributed by atoms with E-state index in [2.05, 4.69) is 17.4 Å². The van der Waals surface area contributed by atoms with Crippen LogP contribution in [0.1, 0.15) is 36.4 Å². The van der Waals surface area contributed by atoms with Gasteiger partial charge in [0.25, 0.3) is 0 Å². The van der Waals surface area contributed by atoms with Gasteiger partial charge in [0.2, 0.25) is 0 Å². The van der Waals surface area contributed by atoms with Crippen LogP contribution >= 0.6 is 0 Å². The Bertz CT molecular complexity index is 1130. The van der Waals surface area contributed by atoms with E-state index >= 15 is 0 Å². The fraction of sp³-hybridized carbons (Fsp3) is 0.346. The molecule has 174 valence electrons. The van der Waals surface area contributed by atoms with Gasteiger partial charge in [-0.05, 0) is 53.8 Å². The van der Waals surface area contributed by atoms with Gasteiger partial charge in [0.15, 0.2) is 0 Å². The first-order valence-corrected chi connectivity index (χ1v) is 11.1. The first kappa shape index (κ1) is 23.2. The van der Waals surface area contributed by atoms with Gasteiger partial charge in [-0.15, -0.1) is 0 Å². The summed E-state index contributed by atoms with van der Waals surface area (Å²) in [5.74, 6) is -2.97. The quantitative estimate of drug-likeness (QED) is 0.489. The van der Waals surface area contributed by atoms with Gasteiger partial charge in [-0.2, -0.15) is 13.2 Å². The van der Waals surface area contributed by atoms with E-state index < -0.39 is 23.8 Å². The Hall–Kier alpha value is -2.93. The number of halogens is 4. The molecule has 0 spiro atoms. The Morgan fingerprint density at radius 2 is 1.76 bits per heavy atom. The molecular weight excluding hydrogens is 432 g/mol. The van der Waals surface area contributed by atoms with E-state index in [-0.39, 0.29) is 25.0 Å². The first-order chi connectivity index (χ1) is 15.8. The van der Waals surface area contributed by atoms with Crippen molar-refractivity contribution in [2.75, 3.05) is 19.6 Å². The number of likely N-dealkylation sites (tertiary alicyclic amines) is 1. The molecule has 2 unspecified atom stereocenters. The molecule has 7 heteroatoms. The van der Waals surface area contributed by atoms with Crippen LogP contribution < -0.4 is 5.32 Å². The summed E-state index contributed by atoms with van der Waals surface area (Å²) >= 11 is 0. The minimum absolute atomic E-state index is 0.00170. The average Bonchev–Trinajstić information content (AvgIpc) is 2.81. The third-order valence-electron chi connectivity index (χ3n) is 6.57. The lowest BCUT2D eigenvalue weighted by Gasteiger charge is -2.39. The van der Waals surface area contributed by atoms with Crippen molar-refractivity contribution < 1.29 is 22.4 Å². The molecule has 1 heterocycles. The number of amides is 1. The summed E-state index contributed by atoms with van der Waals surface area (Å²) in [4.78, 5) is 12.7. The third kappa shape index (κ3) is 5.03. The molecule has 1 aliphatic heterocycles. The summed E-state index contributed by atoms with van der Waals surface area (Å²) in [6.45, 7) is 2.38. The van der Waals surface area contributed by atoms with E-state index in [1.165, 1.54) is 6.07 Å². The van der Waals surface area contributed by atoms with E-state index in [1.54, 1.807) is 18.2 Å². The number of fused-ring (bicyclic) bond motifs is 1. The third-order valence-corrected chi connectivity index (χ3v) is 6.57. The number of rotatable bonds is 5. The van der Waals surface area contributed by atoms with Crippen LogP contribution in [0, 0.1) is 11.7 Å². The summed E-state index contributed by atoms with van der Waals surface area (Å²) in [5, 5.41) is 5.77. The Morgan fingerprint density at radius 3 is 2.52 bits per heavy atom. The molecular formula is C26H26F4N2O. The van der Waals surface area contributed by atoms with Gasteiger partial charge in [-0.25, -0.2) is 4.39 Å². The van der Waals surface area contributed by atoms with Crippen LogP contribution in [0.5, 0.6) is 0 Å². The number of alkyl halides is 3. The molecule has 1 amide bonds. The first-order valence-electron chi connectivity index (χ1n) is 11.1. The smallest absolute Gasteiger partial charge is 0.334 e. The highest BCUT2D eigenvalue weighted by atomic mass is 19.4. The summed E-state index contributed by atoms with van der Waals surface area (Å²) in [5.41, 5.74) is 1.47. The van der Waals surface area contributed by atoms with E-state index in [0.29, 0.717) is 18.5 Å². The minimum Gasteiger partial charge on any atom is -0.334 e. The van der Waals surface area contributed by atoms with Crippen LogP contribution in [0.3, 0.4) is 0 Å². The van der Waals surface area contributed by atoms with Crippen LogP contribution in [0.15, 0.2) is 66.7 Å². The number of hydrogen-bond donors (Lipinski definition) is 1. The van der Waals surface area contributed by atoms with E-state index in [0.717, 1.165) is 21.2 Å². The zero-order valence-corrected chi connectivity index (χ0v) is 18.3. The topological polar surface area (TPSA) is 32.3 Å². The maximum atomic E-state index is 14.6. The van der Waals surface area contributed by atoms with Gasteiger partial charge in [-0.1, -0.05) is 60.7 Å². The van der Waals surface area contributed by atoms with Crippen molar-refractivity contribution in [2.45, 2.75) is 31.5 Å². The molecule has 4 rings (SSSR count). The van der Waals surface area contributed by atoms with Gasteiger partial charge >= 0.3 is 12.1 Å². The maximum absolute atomic E-state index is 14.6. The largest absolute Gasteiger partial charge is 0.471 e. The van der Waals surface area contributed by atoms with E-state index in [4.69, 9.17) is 0 Å². The van der Waals surface area contributed by atoms with Crippen molar-refractivity contribution in [3.05, 3.63) is 83.7 Å². The van der Waals surface area contributed by atoms with Crippen molar-refractivity contribution in [3.8, 4) is 0 Å². The Morgan fingerprint density at radius 1 is 1.06 bits per heavy atom. The highest BCUT2D eigenvalue weighted by Crippen LogP contribution is 2.36. The molecule has 3 aromatic carbocycles. The van der Waals surface area contributed by atoms with Crippen LogP contribution in [-0.4, -0.2) is 36.6 Å². The van der Waals surface area contributed by atoms with Crippen molar-refractivity contribution in [2.24, 2.45) is 5.92 Å². The fourth-order valence-corrected chi connectivity index (χ4v) is 4.80. The number of nitrogens with one attached hydrogen (secondary N) is 1. The lowest BCUT2D eigenvalue weighted by atomic mass is 9.80. The SMILES string of the molecule is C[C@@H](NCC1CCN(C(=O)C(F)(F)F)CC1c1ccccc1F)c1cccc2ccccc12. The lowest BCUT2D eigenvalue weighted by molar-refractivity contribution is -0.187. The van der Waals surface area contributed by atoms with E-state index in [1.807, 2.05) is 37.3 Å². The summed E-state index contributed by atoms with van der Waals surface area (Å²) in [6, 6.07) is 20.3. The zero-order chi connectivity index (χ0) is 23.6. The lowest BCUT2D eigenvalue weighted by Crippen LogP contribution is -2.49. The van der Waals surface area contributed by atoms with Crippen molar-refractivity contribution >= 4 is 16.7 Å². The Labute approximate surface area is 190 Å². The second-order valence-electron chi connectivity index (χ2n) is 8.62. The Kier molecular flexibility index (Phi) is 6.70. The predicted octanol–water partition coefficient (Wildman–Crippen LogP) is 5.82. The van der Waals surface area contributed by atoms with Crippen molar-refractivity contribution in [1.29, 1.82) is 0 Å². The minimum atomic E-state index is -4.94. The molecule has 0 bridgehead atoms. The highest BCUT2D eigenvalue weighted by molar-refractivity contribution is 5.86. The Balaban J connectivity index is 1.54. The molecule has 1 fully saturated rings. The monoisotopic (exact) mass is 458 g/mol. The molecule has 3 aromatic rings. The zero-order valence-electron chi connectivity index (χ0n) is 18.3. The summed E-state index contributed by atoms with van der Waals surface area (Å²) in [6.07, 6.45) is -4.58. The van der Waals surface area contributed by atoms with Crippen LogP contribution in [0.4, 0.5) is 17.6 Å². The van der Waals surface area contributed by atoms with Gasteiger partial charge < -0.3 is 10.2 Å². The number of benzene rings is 3. The molecule has 3 nitrogen and oxygen atoms in total. The second-order valence-corrected chi connectivity index (χ2v) is 8.62. The predicted molar refractivity (Wildman–Crippen MR) is 120 cm³/mol. The molecule has 1 N–H and O–H groups in total. The van der Waals surface area contributed by atoms with E-state index in [9.17, 15) is 22.4 Å². The molecule has 0 aromatic heterocycles. The summed E-state index contributed by atoms with van der Waals surface area (Å²) < 4.78 is 53.7. The maximum Gasteiger partial charge on any atom is 0.471 e. The van der Waals surface area contributed by atoms with Gasteiger partial charge in [0.1, 0.15) is 5.82 Å². The second kappa shape index (κ2) is 9.51. The molecule has 3 atom stereocenters. The molecule has 0 radical (unpaired) electrons. The molecule has 33 heavy (non-hydrogen) atoms. The van der Waals surface area contributed by atoms with Crippen LogP contribution in [-0.2, 0) is 4.79 Å². The fourth-order valence-electron chi connectivity index (χ4n) is 4.80. The number of carbonyl (C=O) groups is 1. The molecule has 0 saturated carbocycles. The number of piperidine rings is 1. The van der Waals surface area contributed by atoms with Gasteiger partial charge in [0, 0.05) is 25.0 Å². The van der Waals surface area contributed by atoms with Crippen LogP contribution in [0.25, 0.3) is 10.8 Å². The van der Waals surface area contributed by atoms with Gasteiger partial charge in [-0.3, -0.25) is 4.79 Å². The summed E-state index contributed by atoms with van der Waals surface area (Å²) in [7, 11) is 0.